The zero-order valence-electron chi connectivity index (χ0n) is 10.8. The minimum Gasteiger partial charge on any atom is -0.372 e. The number of anilines is 1. The molecule has 1 fully saturated rings. The van der Waals surface area contributed by atoms with Gasteiger partial charge in [-0.2, -0.15) is 0 Å². The van der Waals surface area contributed by atoms with E-state index in [1.807, 2.05) is 12.4 Å². The predicted octanol–water partition coefficient (Wildman–Crippen LogP) is 3.66. The first-order valence-corrected chi connectivity index (χ1v) is 6.60. The summed E-state index contributed by atoms with van der Waals surface area (Å²) in [4.78, 5) is 6.74. The number of aromatic nitrogens is 1. The molecule has 0 spiro atoms. The van der Waals surface area contributed by atoms with Crippen LogP contribution in [0.3, 0.4) is 0 Å². The summed E-state index contributed by atoms with van der Waals surface area (Å²) in [6.45, 7) is 4.46. The molecule has 2 nitrogen and oxygen atoms in total. The minimum atomic E-state index is 1.19. The topological polar surface area (TPSA) is 16.1 Å². The molecule has 0 aliphatic carbocycles. The van der Waals surface area contributed by atoms with Crippen LogP contribution in [0.1, 0.15) is 18.4 Å². The van der Waals surface area contributed by atoms with Gasteiger partial charge in [0, 0.05) is 36.7 Å². The average molecular weight is 238 g/mol. The van der Waals surface area contributed by atoms with E-state index < -0.39 is 0 Å². The van der Waals surface area contributed by atoms with Crippen LogP contribution in [0.25, 0.3) is 11.1 Å². The number of pyridine rings is 1. The molecule has 1 aromatic heterocycles. The lowest BCUT2D eigenvalue weighted by molar-refractivity contribution is 0.949. The van der Waals surface area contributed by atoms with Gasteiger partial charge in [-0.1, -0.05) is 12.1 Å². The van der Waals surface area contributed by atoms with Gasteiger partial charge >= 0.3 is 0 Å². The molecule has 0 radical (unpaired) electrons. The fraction of sp³-hybridized carbons (Fsp3) is 0.312. The van der Waals surface area contributed by atoms with Crippen molar-refractivity contribution in [2.75, 3.05) is 18.0 Å². The van der Waals surface area contributed by atoms with Crippen LogP contribution in [-0.2, 0) is 0 Å². The Balaban J connectivity index is 1.95. The first kappa shape index (κ1) is 11.3. The molecule has 92 valence electrons. The van der Waals surface area contributed by atoms with E-state index >= 15 is 0 Å². The lowest BCUT2D eigenvalue weighted by Crippen LogP contribution is -2.17. The number of aryl methyl sites for hydroxylation is 1. The molecule has 0 atom stereocenters. The van der Waals surface area contributed by atoms with Crippen LogP contribution in [0.2, 0.25) is 0 Å². The largest absolute Gasteiger partial charge is 0.372 e. The van der Waals surface area contributed by atoms with E-state index in [4.69, 9.17) is 0 Å². The molecule has 0 saturated carbocycles. The smallest absolute Gasteiger partial charge is 0.0372 e. The zero-order chi connectivity index (χ0) is 12.4. The number of hydrogen-bond acceptors (Lipinski definition) is 2. The molecule has 2 heterocycles. The number of rotatable bonds is 2. The van der Waals surface area contributed by atoms with Crippen molar-refractivity contribution in [3.8, 4) is 11.1 Å². The molecule has 0 amide bonds. The highest BCUT2D eigenvalue weighted by molar-refractivity contribution is 5.68. The fourth-order valence-electron chi connectivity index (χ4n) is 2.57. The third-order valence-corrected chi connectivity index (χ3v) is 3.53. The Labute approximate surface area is 108 Å². The molecule has 0 bridgehead atoms. The van der Waals surface area contributed by atoms with E-state index in [0.717, 1.165) is 0 Å². The SMILES string of the molecule is Cc1cncc(-c2cccc(N3CCCC3)c2)c1. The maximum absolute atomic E-state index is 4.27. The van der Waals surface area contributed by atoms with Gasteiger partial charge in [0.2, 0.25) is 0 Å². The van der Waals surface area contributed by atoms with Crippen LogP contribution in [-0.4, -0.2) is 18.1 Å². The number of hydrogen-bond donors (Lipinski definition) is 0. The zero-order valence-corrected chi connectivity index (χ0v) is 10.8. The lowest BCUT2D eigenvalue weighted by Gasteiger charge is -2.18. The second-order valence-electron chi connectivity index (χ2n) is 5.00. The second-order valence-corrected chi connectivity index (χ2v) is 5.00. The van der Waals surface area contributed by atoms with Crippen LogP contribution in [0.15, 0.2) is 42.7 Å². The van der Waals surface area contributed by atoms with Crippen molar-refractivity contribution in [1.82, 2.24) is 4.98 Å². The molecule has 1 aliphatic heterocycles. The van der Waals surface area contributed by atoms with Gasteiger partial charge in [-0.3, -0.25) is 4.98 Å². The van der Waals surface area contributed by atoms with Crippen molar-refractivity contribution >= 4 is 5.69 Å². The monoisotopic (exact) mass is 238 g/mol. The molecular weight excluding hydrogens is 220 g/mol. The molecule has 3 rings (SSSR count). The molecule has 2 heteroatoms. The highest BCUT2D eigenvalue weighted by Crippen LogP contribution is 2.26. The van der Waals surface area contributed by atoms with Crippen LogP contribution in [0, 0.1) is 6.92 Å². The van der Waals surface area contributed by atoms with Crippen LogP contribution in [0.4, 0.5) is 5.69 Å². The lowest BCUT2D eigenvalue weighted by atomic mass is 10.1. The van der Waals surface area contributed by atoms with Gasteiger partial charge in [0.15, 0.2) is 0 Å². The van der Waals surface area contributed by atoms with Gasteiger partial charge in [0.05, 0.1) is 0 Å². The first-order valence-electron chi connectivity index (χ1n) is 6.60. The van der Waals surface area contributed by atoms with Crippen molar-refractivity contribution in [2.24, 2.45) is 0 Å². The van der Waals surface area contributed by atoms with Crippen molar-refractivity contribution in [3.63, 3.8) is 0 Å². The maximum atomic E-state index is 4.27. The van der Waals surface area contributed by atoms with E-state index in [1.165, 1.54) is 48.3 Å². The molecule has 1 aliphatic rings. The Morgan fingerprint density at radius 1 is 1.00 bits per heavy atom. The van der Waals surface area contributed by atoms with E-state index in [-0.39, 0.29) is 0 Å². The van der Waals surface area contributed by atoms with Gasteiger partial charge in [-0.25, -0.2) is 0 Å². The standard InChI is InChI=1S/C16H18N2/c1-13-9-15(12-17-11-13)14-5-4-6-16(10-14)18-7-2-3-8-18/h4-6,9-12H,2-3,7-8H2,1H3. The molecule has 0 N–H and O–H groups in total. The average Bonchev–Trinajstić information content (AvgIpc) is 2.93. The maximum Gasteiger partial charge on any atom is 0.0372 e. The van der Waals surface area contributed by atoms with Gasteiger partial charge < -0.3 is 4.90 Å². The predicted molar refractivity (Wildman–Crippen MR) is 75.9 cm³/mol. The van der Waals surface area contributed by atoms with Crippen molar-refractivity contribution in [1.29, 1.82) is 0 Å². The van der Waals surface area contributed by atoms with Gasteiger partial charge in [0.25, 0.3) is 0 Å². The number of benzene rings is 1. The van der Waals surface area contributed by atoms with E-state index in [9.17, 15) is 0 Å². The minimum absolute atomic E-state index is 1.19. The van der Waals surface area contributed by atoms with Crippen LogP contribution < -0.4 is 4.90 Å². The highest BCUT2D eigenvalue weighted by atomic mass is 15.1. The van der Waals surface area contributed by atoms with E-state index in [2.05, 4.69) is 47.1 Å². The van der Waals surface area contributed by atoms with E-state index in [0.29, 0.717) is 0 Å². The first-order chi connectivity index (χ1) is 8.83. The van der Waals surface area contributed by atoms with Gasteiger partial charge in [0.1, 0.15) is 0 Å². The van der Waals surface area contributed by atoms with Crippen molar-refractivity contribution < 1.29 is 0 Å². The second kappa shape index (κ2) is 4.81. The van der Waals surface area contributed by atoms with Crippen LogP contribution in [0.5, 0.6) is 0 Å². The molecular formula is C16H18N2. The molecule has 2 aromatic rings. The Morgan fingerprint density at radius 2 is 1.83 bits per heavy atom. The molecule has 0 unspecified atom stereocenters. The highest BCUT2D eigenvalue weighted by Gasteiger charge is 2.12. The van der Waals surface area contributed by atoms with E-state index in [1.54, 1.807) is 0 Å². The van der Waals surface area contributed by atoms with Gasteiger partial charge in [-0.15, -0.1) is 0 Å². The summed E-state index contributed by atoms with van der Waals surface area (Å²) in [6.07, 6.45) is 6.47. The summed E-state index contributed by atoms with van der Waals surface area (Å²) in [5.74, 6) is 0. The Hall–Kier alpha value is -1.83. The van der Waals surface area contributed by atoms with Crippen molar-refractivity contribution in [3.05, 3.63) is 48.3 Å². The summed E-state index contributed by atoms with van der Waals surface area (Å²) in [7, 11) is 0. The summed E-state index contributed by atoms with van der Waals surface area (Å²) < 4.78 is 0. The third-order valence-electron chi connectivity index (χ3n) is 3.53. The summed E-state index contributed by atoms with van der Waals surface area (Å²) in [6, 6.07) is 11.0. The van der Waals surface area contributed by atoms with Gasteiger partial charge in [-0.05, 0) is 49.1 Å². The number of nitrogens with zero attached hydrogens (tertiary/aromatic N) is 2. The molecule has 18 heavy (non-hydrogen) atoms. The Kier molecular flexibility index (Phi) is 3.01. The Morgan fingerprint density at radius 3 is 2.61 bits per heavy atom. The summed E-state index contributed by atoms with van der Waals surface area (Å²) >= 11 is 0. The summed E-state index contributed by atoms with van der Waals surface area (Å²) in [5, 5.41) is 0. The molecule has 1 saturated heterocycles. The quantitative estimate of drug-likeness (QED) is 0.793. The normalized spacial score (nSPS) is 15.1. The summed E-state index contributed by atoms with van der Waals surface area (Å²) in [5.41, 5.74) is 5.01. The molecule has 1 aromatic carbocycles. The van der Waals surface area contributed by atoms with Crippen molar-refractivity contribution in [2.45, 2.75) is 19.8 Å². The Bertz CT molecular complexity index is 542. The van der Waals surface area contributed by atoms with Crippen LogP contribution >= 0.6 is 0 Å². The fourth-order valence-corrected chi connectivity index (χ4v) is 2.57. The third kappa shape index (κ3) is 2.23.